The van der Waals surface area contributed by atoms with Crippen LogP contribution in [0.1, 0.15) is 107 Å². The standard InChI is InChI=1S/C62H85N5O18S/c1-13-45(68)21-20-44-29-42(19-22-48(44)63-57(72)82-46-17-15-26-79-36-80-35-46)34-81-59(74)65(8)24-25-66(9)60(75)86-27-23-54(70)67(10)41(6)56(71)84-53-32-49(69)38(3)47-30-43(31-50(77-11)39(47)4)28-37(2)16-14-18-52(78-12)62(76)33-51(83-58(73)64-62)40(5)55-61(53,7)85-55/h14-19,22,29-31,38,40-41,46,51-53,55,76H,13,20-21,23-28,32-36H2,1-12H3,(H,63,72)(H,64,73)/b17-15+,18-14+,37-16+/t38?,40-,41+,46?,51+,52?,53+,55+,61+,62?/m1/s1. The molecule has 3 heterocycles. The summed E-state index contributed by atoms with van der Waals surface area (Å²) in [6.07, 6.45) is 3.01. The molecule has 4 unspecified atom stereocenters. The quantitative estimate of drug-likeness (QED) is 0.0525. The second kappa shape index (κ2) is 31.2. The molecule has 2 aromatic rings. The van der Waals surface area contributed by atoms with Crippen molar-refractivity contribution in [2.24, 2.45) is 5.92 Å². The molecule has 10 atom stereocenters. The molecule has 5 amide bonds. The predicted molar refractivity (Wildman–Crippen MR) is 318 cm³/mol. The highest BCUT2D eigenvalue weighted by Crippen LogP contribution is 2.49. The summed E-state index contributed by atoms with van der Waals surface area (Å²) in [5, 5.41) is 16.8. The summed E-state index contributed by atoms with van der Waals surface area (Å²) in [7, 11) is 7.52. The first-order valence-corrected chi connectivity index (χ1v) is 29.9. The summed E-state index contributed by atoms with van der Waals surface area (Å²) in [6, 6.07) is 7.84. The summed E-state index contributed by atoms with van der Waals surface area (Å²) in [4.78, 5) is 111. The maximum atomic E-state index is 14.5. The number of aliphatic hydroxyl groups is 1. The van der Waals surface area contributed by atoms with E-state index in [0.717, 1.165) is 34.0 Å². The maximum Gasteiger partial charge on any atom is 0.412 e. The number of likely N-dealkylation sites (N-methyl/N-ethyl adjacent to an activating group) is 3. The minimum absolute atomic E-state index is 0.0408. The average molecular weight is 1220 g/mol. The topological polar surface area (TPSA) is 277 Å². The maximum absolute atomic E-state index is 14.5. The lowest BCUT2D eigenvalue weighted by atomic mass is 9.82. The van der Waals surface area contributed by atoms with E-state index in [-0.39, 0.29) is 81.3 Å². The number of ether oxygens (including phenoxy) is 9. The molecule has 2 fully saturated rings. The van der Waals surface area contributed by atoms with Crippen LogP contribution in [0.2, 0.25) is 0 Å². The number of carbonyl (C=O) groups excluding carboxylic acids is 8. The average Bonchev–Trinajstić information content (AvgIpc) is 1.62. The molecule has 3 N–H and O–H groups in total. The second-order valence-corrected chi connectivity index (χ2v) is 23.6. The molecule has 4 bridgehead atoms. The van der Waals surface area contributed by atoms with E-state index in [0.29, 0.717) is 48.4 Å². The van der Waals surface area contributed by atoms with Crippen LogP contribution in [0.4, 0.5) is 24.9 Å². The predicted octanol–water partition coefficient (Wildman–Crippen LogP) is 7.71. The van der Waals surface area contributed by atoms with Crippen LogP contribution in [0, 0.1) is 12.8 Å². The van der Waals surface area contributed by atoms with Gasteiger partial charge in [0.2, 0.25) is 5.91 Å². The zero-order valence-electron chi connectivity index (χ0n) is 51.4. The highest BCUT2D eigenvalue weighted by atomic mass is 32.2. The molecule has 472 valence electrons. The van der Waals surface area contributed by atoms with E-state index in [1.165, 1.54) is 42.8 Å². The van der Waals surface area contributed by atoms with Gasteiger partial charge in [-0.25, -0.2) is 19.2 Å². The Morgan fingerprint density at radius 2 is 1.71 bits per heavy atom. The normalized spacial score (nSPS) is 26.6. The van der Waals surface area contributed by atoms with Crippen LogP contribution in [0.3, 0.4) is 0 Å². The Labute approximate surface area is 507 Å². The number of alkyl carbamates (subject to hydrolysis) is 1. The molecule has 1 aliphatic carbocycles. The molecule has 4 aliphatic rings. The highest BCUT2D eigenvalue weighted by molar-refractivity contribution is 8.13. The number of hydrogen-bond donors (Lipinski definition) is 3. The van der Waals surface area contributed by atoms with Gasteiger partial charge in [-0.1, -0.05) is 80.6 Å². The number of nitrogens with one attached hydrogen (secondary N) is 2. The molecular formula is C62H85N5O18S. The third-order valence-corrected chi connectivity index (χ3v) is 17.2. The molecule has 0 saturated carbocycles. The van der Waals surface area contributed by atoms with Crippen molar-refractivity contribution in [1.82, 2.24) is 20.0 Å². The minimum atomic E-state index is -1.87. The van der Waals surface area contributed by atoms with Crippen molar-refractivity contribution in [3.8, 4) is 5.75 Å². The fraction of sp³-hybridized carbons (Fsp3) is 0.581. The second-order valence-electron chi connectivity index (χ2n) is 22.5. The molecule has 0 spiro atoms. The Hall–Kier alpha value is -6.83. The SMILES string of the molecule is CCC(=O)CCc1cc(COC(=O)N(C)CCN(C)C(=O)SCCC(=O)N(C)[C@@H](C)C(=O)O[C@H]2CC(=O)C(C)c3cc(cc(OC)c3C)C/C(C)=C/C=C/C(OC)C3(O)C[C@H](OC(=O)N3)[C@@H](C)[C@@H]3O[C@@]23C)ccc1NC(=O)OC1/C=C/COCOC1. The van der Waals surface area contributed by atoms with E-state index in [9.17, 15) is 43.5 Å². The van der Waals surface area contributed by atoms with E-state index in [1.807, 2.05) is 32.1 Å². The van der Waals surface area contributed by atoms with E-state index < -0.39 is 89.9 Å². The van der Waals surface area contributed by atoms with Gasteiger partial charge in [-0.2, -0.15) is 0 Å². The molecule has 3 aliphatic heterocycles. The molecule has 24 heteroatoms. The number of aryl methyl sites for hydroxylation is 1. The monoisotopic (exact) mass is 1220 g/mol. The summed E-state index contributed by atoms with van der Waals surface area (Å²) >= 11 is 0.894. The van der Waals surface area contributed by atoms with Gasteiger partial charge in [0.1, 0.15) is 66.8 Å². The van der Waals surface area contributed by atoms with Crippen molar-refractivity contribution in [3.63, 3.8) is 0 Å². The van der Waals surface area contributed by atoms with Crippen LogP contribution in [0.5, 0.6) is 5.75 Å². The number of Topliss-reactive ketones (excluding diaryl/α,β-unsaturated/α-hetero) is 2. The first-order valence-electron chi connectivity index (χ1n) is 28.9. The zero-order chi connectivity index (χ0) is 63.0. The summed E-state index contributed by atoms with van der Waals surface area (Å²) in [5.41, 5.74) is 1.89. The molecule has 2 saturated heterocycles. The lowest BCUT2D eigenvalue weighted by molar-refractivity contribution is -0.162. The number of benzene rings is 2. The number of methoxy groups -OCH3 is 2. The first kappa shape index (κ1) is 68.3. The summed E-state index contributed by atoms with van der Waals surface area (Å²) in [6.45, 7) is 13.0. The molecule has 86 heavy (non-hydrogen) atoms. The van der Waals surface area contributed by atoms with Crippen molar-refractivity contribution in [2.75, 3.05) is 79.5 Å². The van der Waals surface area contributed by atoms with Crippen molar-refractivity contribution < 1.29 is 86.1 Å². The molecular weight excluding hydrogens is 1130 g/mol. The van der Waals surface area contributed by atoms with Gasteiger partial charge in [-0.15, -0.1) is 0 Å². The lowest BCUT2D eigenvalue weighted by Crippen LogP contribution is -2.63. The fourth-order valence-electron chi connectivity index (χ4n) is 10.4. The number of thioether (sulfide) groups is 1. The number of amides is 5. The summed E-state index contributed by atoms with van der Waals surface area (Å²) < 4.78 is 51.4. The number of nitrogens with zero attached hydrogens (tertiary/aromatic N) is 3. The van der Waals surface area contributed by atoms with E-state index >= 15 is 0 Å². The van der Waals surface area contributed by atoms with Gasteiger partial charge < -0.3 is 62.4 Å². The van der Waals surface area contributed by atoms with Gasteiger partial charge in [0.05, 0.1) is 26.4 Å². The van der Waals surface area contributed by atoms with Gasteiger partial charge in [-0.05, 0) is 86.6 Å². The minimum Gasteiger partial charge on any atom is -0.496 e. The van der Waals surface area contributed by atoms with Gasteiger partial charge >= 0.3 is 24.2 Å². The molecule has 0 aromatic heterocycles. The van der Waals surface area contributed by atoms with Gasteiger partial charge in [0.25, 0.3) is 5.24 Å². The Bertz CT molecular complexity index is 2880. The first-order chi connectivity index (χ1) is 40.8. The molecule has 23 nitrogen and oxygen atoms in total. The third-order valence-electron chi connectivity index (χ3n) is 16.2. The molecule has 0 radical (unpaired) electrons. The molecule has 2 aromatic carbocycles. The van der Waals surface area contributed by atoms with E-state index in [1.54, 1.807) is 84.4 Å². The number of hydrogen-bond acceptors (Lipinski definition) is 19. The van der Waals surface area contributed by atoms with Crippen LogP contribution in [-0.2, 0) is 76.5 Å². The van der Waals surface area contributed by atoms with E-state index in [4.69, 9.17) is 42.6 Å². The zero-order valence-corrected chi connectivity index (χ0v) is 52.2. The number of epoxide rings is 1. The number of rotatable bonds is 19. The van der Waals surface area contributed by atoms with Crippen LogP contribution < -0.4 is 15.4 Å². The van der Waals surface area contributed by atoms with Crippen LogP contribution in [0.25, 0.3) is 0 Å². The Balaban J connectivity index is 1.03. The van der Waals surface area contributed by atoms with Gasteiger partial charge in [0, 0.05) is 96.7 Å². The third kappa shape index (κ3) is 18.4. The smallest absolute Gasteiger partial charge is 0.412 e. The number of esters is 1. The van der Waals surface area contributed by atoms with Crippen LogP contribution >= 0.6 is 11.8 Å². The number of allylic oxidation sites excluding steroid dienone is 3. The fourth-order valence-corrected chi connectivity index (χ4v) is 11.2. The van der Waals surface area contributed by atoms with Crippen LogP contribution in [-0.4, -0.2) is 189 Å². The van der Waals surface area contributed by atoms with E-state index in [2.05, 4.69) is 10.6 Å². The Morgan fingerprint density at radius 3 is 2.43 bits per heavy atom. The largest absolute Gasteiger partial charge is 0.496 e. The Kier molecular flexibility index (Phi) is 24.8. The van der Waals surface area contributed by atoms with Crippen LogP contribution in [0.15, 0.2) is 66.3 Å². The van der Waals surface area contributed by atoms with Crippen molar-refractivity contribution >= 4 is 64.4 Å². The number of fused-ring (bicyclic) bond motifs is 5. The highest BCUT2D eigenvalue weighted by Gasteiger charge is 2.64. The lowest BCUT2D eigenvalue weighted by Gasteiger charge is -2.42. The van der Waals surface area contributed by atoms with Crippen molar-refractivity contribution in [3.05, 3.63) is 94.1 Å². The van der Waals surface area contributed by atoms with Crippen molar-refractivity contribution in [2.45, 2.75) is 154 Å². The Morgan fingerprint density at radius 1 is 0.965 bits per heavy atom. The van der Waals surface area contributed by atoms with Gasteiger partial charge in [0.15, 0.2) is 5.72 Å². The van der Waals surface area contributed by atoms with Gasteiger partial charge in [-0.3, -0.25) is 29.8 Å². The number of anilines is 1. The number of ketones is 2. The summed E-state index contributed by atoms with van der Waals surface area (Å²) in [5.74, 6) is -2.07. The molecule has 6 rings (SSSR count). The van der Waals surface area contributed by atoms with Crippen molar-refractivity contribution in [1.29, 1.82) is 0 Å². The number of carbonyl (C=O) groups is 8.